The number of hydrogen-bond donors (Lipinski definition) is 0. The molecule has 0 aliphatic rings. The zero-order chi connectivity index (χ0) is 21.1. The highest BCUT2D eigenvalue weighted by Crippen LogP contribution is 2.24. The molecular weight excluding hydrogens is 388 g/mol. The monoisotopic (exact) mass is 412 g/mol. The minimum atomic E-state index is 0.805. The van der Waals surface area contributed by atoms with Gasteiger partial charge in [-0.25, -0.2) is 9.67 Å². The van der Waals surface area contributed by atoms with Crippen LogP contribution in [0.5, 0.6) is 0 Å². The molecule has 0 radical (unpaired) electrons. The van der Waals surface area contributed by atoms with Crippen molar-refractivity contribution in [2.45, 2.75) is 27.7 Å². The summed E-state index contributed by atoms with van der Waals surface area (Å²) in [6.45, 7) is 8.42. The highest BCUT2D eigenvalue weighted by molar-refractivity contribution is 7.07. The van der Waals surface area contributed by atoms with Gasteiger partial charge in [0.2, 0.25) is 4.80 Å². The second kappa shape index (κ2) is 8.59. The van der Waals surface area contributed by atoms with Gasteiger partial charge in [0.15, 0.2) is 0 Å². The lowest BCUT2D eigenvalue weighted by Crippen LogP contribution is -2.12. The van der Waals surface area contributed by atoms with Crippen molar-refractivity contribution in [3.63, 3.8) is 0 Å². The van der Waals surface area contributed by atoms with E-state index >= 15 is 0 Å². The average Bonchev–Trinajstić information content (AvgIpc) is 3.14. The minimum Gasteiger partial charge on any atom is -0.255 e. The third-order valence-corrected chi connectivity index (χ3v) is 5.88. The van der Waals surface area contributed by atoms with Gasteiger partial charge in [0, 0.05) is 17.1 Å². The summed E-state index contributed by atoms with van der Waals surface area (Å²) < 4.78 is 1.91. The van der Waals surface area contributed by atoms with Crippen molar-refractivity contribution >= 4 is 23.2 Å². The highest BCUT2D eigenvalue weighted by atomic mass is 32.1. The molecule has 4 aromatic rings. The molecule has 0 aliphatic heterocycles. The molecule has 5 heteroatoms. The molecule has 0 aliphatic carbocycles. The molecular formula is C25H24N4S. The Balaban J connectivity index is 1.89. The van der Waals surface area contributed by atoms with E-state index in [1.807, 2.05) is 22.9 Å². The second-order valence-corrected chi connectivity index (χ2v) is 8.25. The van der Waals surface area contributed by atoms with Gasteiger partial charge in [0.25, 0.3) is 0 Å². The Bertz CT molecular complexity index is 1280. The van der Waals surface area contributed by atoms with Gasteiger partial charge in [-0.3, -0.25) is 4.98 Å². The molecule has 4 nitrogen and oxygen atoms in total. The first kappa shape index (κ1) is 20.0. The van der Waals surface area contributed by atoms with Gasteiger partial charge in [-0.15, -0.1) is 11.3 Å². The molecule has 30 heavy (non-hydrogen) atoms. The fourth-order valence-electron chi connectivity index (χ4n) is 3.10. The van der Waals surface area contributed by atoms with Crippen LogP contribution in [0.3, 0.4) is 0 Å². The molecule has 2 aromatic carbocycles. The van der Waals surface area contributed by atoms with E-state index < -0.39 is 0 Å². The quantitative estimate of drug-likeness (QED) is 0.381. The summed E-state index contributed by atoms with van der Waals surface area (Å²) in [5, 5.41) is 6.87. The average molecular weight is 413 g/mol. The van der Waals surface area contributed by atoms with E-state index in [9.17, 15) is 0 Å². The van der Waals surface area contributed by atoms with Crippen LogP contribution in [0.15, 0.2) is 76.3 Å². The lowest BCUT2D eigenvalue weighted by molar-refractivity contribution is 0.853. The summed E-state index contributed by atoms with van der Waals surface area (Å²) in [5.41, 5.74) is 8.76. The Kier molecular flexibility index (Phi) is 5.72. The predicted molar refractivity (Wildman–Crippen MR) is 126 cm³/mol. The van der Waals surface area contributed by atoms with E-state index in [4.69, 9.17) is 10.1 Å². The SMILES string of the molecule is Cc1ccc(C)c(N=c2scc(-c3ccc(C)c(C)c3)n2N=Cc2ccccn2)c1. The molecule has 4 rings (SSSR count). The molecule has 0 atom stereocenters. The van der Waals surface area contributed by atoms with E-state index in [1.54, 1.807) is 23.7 Å². The Labute approximate surface area is 180 Å². The van der Waals surface area contributed by atoms with E-state index in [2.05, 4.69) is 74.5 Å². The van der Waals surface area contributed by atoms with E-state index in [-0.39, 0.29) is 0 Å². The largest absolute Gasteiger partial charge is 0.255 e. The number of pyridine rings is 1. The van der Waals surface area contributed by atoms with Crippen molar-refractivity contribution in [1.82, 2.24) is 9.66 Å². The molecule has 2 heterocycles. The van der Waals surface area contributed by atoms with Gasteiger partial charge < -0.3 is 0 Å². The van der Waals surface area contributed by atoms with E-state index in [1.165, 1.54) is 16.7 Å². The van der Waals surface area contributed by atoms with Gasteiger partial charge in [0.1, 0.15) is 0 Å². The molecule has 0 N–H and O–H groups in total. The Morgan fingerprint density at radius 2 is 1.73 bits per heavy atom. The highest BCUT2D eigenvalue weighted by Gasteiger charge is 2.09. The summed E-state index contributed by atoms with van der Waals surface area (Å²) in [6.07, 6.45) is 3.55. The first-order chi connectivity index (χ1) is 14.5. The summed E-state index contributed by atoms with van der Waals surface area (Å²) in [6, 6.07) is 18.6. The zero-order valence-electron chi connectivity index (χ0n) is 17.6. The molecule has 0 fully saturated rings. The summed E-state index contributed by atoms with van der Waals surface area (Å²) in [5.74, 6) is 0. The van der Waals surface area contributed by atoms with Crippen LogP contribution in [0.2, 0.25) is 0 Å². The maximum absolute atomic E-state index is 4.95. The van der Waals surface area contributed by atoms with Crippen LogP contribution in [0.25, 0.3) is 11.3 Å². The van der Waals surface area contributed by atoms with Crippen molar-refractivity contribution < 1.29 is 0 Å². The van der Waals surface area contributed by atoms with Crippen LogP contribution >= 0.6 is 11.3 Å². The lowest BCUT2D eigenvalue weighted by atomic mass is 10.1. The fraction of sp³-hybridized carbons (Fsp3) is 0.160. The van der Waals surface area contributed by atoms with E-state index in [0.717, 1.165) is 33.0 Å². The van der Waals surface area contributed by atoms with Crippen LogP contribution in [0.4, 0.5) is 5.69 Å². The van der Waals surface area contributed by atoms with Gasteiger partial charge in [-0.2, -0.15) is 5.10 Å². The molecule has 2 aromatic heterocycles. The first-order valence-corrected chi connectivity index (χ1v) is 10.7. The Morgan fingerprint density at radius 1 is 0.900 bits per heavy atom. The molecule has 0 amide bonds. The Morgan fingerprint density at radius 3 is 2.50 bits per heavy atom. The van der Waals surface area contributed by atoms with Crippen LogP contribution in [0.1, 0.15) is 27.9 Å². The van der Waals surface area contributed by atoms with Crippen molar-refractivity contribution in [2.75, 3.05) is 0 Å². The van der Waals surface area contributed by atoms with Crippen LogP contribution in [0, 0.1) is 27.7 Å². The van der Waals surface area contributed by atoms with Crippen LogP contribution in [-0.2, 0) is 0 Å². The summed E-state index contributed by atoms with van der Waals surface area (Å²) in [4.78, 5) is 10.1. The number of hydrogen-bond acceptors (Lipinski definition) is 4. The van der Waals surface area contributed by atoms with Crippen molar-refractivity contribution in [2.24, 2.45) is 10.1 Å². The van der Waals surface area contributed by atoms with Crippen LogP contribution in [-0.4, -0.2) is 15.9 Å². The number of aryl methyl sites for hydroxylation is 4. The maximum atomic E-state index is 4.95. The van der Waals surface area contributed by atoms with Gasteiger partial charge in [-0.1, -0.05) is 30.3 Å². The maximum Gasteiger partial charge on any atom is 0.211 e. The fourth-order valence-corrected chi connectivity index (χ4v) is 3.95. The van der Waals surface area contributed by atoms with Crippen molar-refractivity contribution in [3.05, 3.63) is 98.9 Å². The number of aromatic nitrogens is 2. The van der Waals surface area contributed by atoms with Crippen molar-refractivity contribution in [3.8, 4) is 11.3 Å². The number of thiazole rings is 1. The third-order valence-electron chi connectivity index (χ3n) is 5.06. The third kappa shape index (κ3) is 4.31. The number of rotatable bonds is 4. The zero-order valence-corrected chi connectivity index (χ0v) is 18.4. The van der Waals surface area contributed by atoms with E-state index in [0.29, 0.717) is 0 Å². The predicted octanol–water partition coefficient (Wildman–Crippen LogP) is 5.96. The number of benzene rings is 2. The second-order valence-electron chi connectivity index (χ2n) is 7.42. The van der Waals surface area contributed by atoms with Crippen molar-refractivity contribution in [1.29, 1.82) is 0 Å². The van der Waals surface area contributed by atoms with Gasteiger partial charge in [0.05, 0.1) is 23.3 Å². The molecule has 150 valence electrons. The summed E-state index contributed by atoms with van der Waals surface area (Å²) >= 11 is 1.59. The molecule has 0 saturated heterocycles. The molecule has 0 unspecified atom stereocenters. The van der Waals surface area contributed by atoms with Gasteiger partial charge >= 0.3 is 0 Å². The molecule has 0 spiro atoms. The van der Waals surface area contributed by atoms with Crippen LogP contribution < -0.4 is 4.80 Å². The number of nitrogens with zero attached hydrogens (tertiary/aromatic N) is 4. The smallest absolute Gasteiger partial charge is 0.211 e. The topological polar surface area (TPSA) is 42.5 Å². The van der Waals surface area contributed by atoms with Gasteiger partial charge in [-0.05, 0) is 74.2 Å². The molecule has 0 saturated carbocycles. The first-order valence-electron chi connectivity index (χ1n) is 9.87. The Hall–Kier alpha value is -3.31. The normalized spacial score (nSPS) is 12.1. The standard InChI is InChI=1S/C25H24N4S/c1-17-8-9-19(3)23(13-17)28-25-29(27-15-22-7-5-6-12-26-22)24(16-30-25)21-11-10-18(2)20(4)14-21/h5-16H,1-4H3. The molecule has 0 bridgehead atoms. The lowest BCUT2D eigenvalue weighted by Gasteiger charge is -2.07. The minimum absolute atomic E-state index is 0.805. The summed E-state index contributed by atoms with van der Waals surface area (Å²) in [7, 11) is 0.